The summed E-state index contributed by atoms with van der Waals surface area (Å²) in [5.74, 6) is 0.930. The van der Waals surface area contributed by atoms with E-state index < -0.39 is 0 Å². The second-order valence-electron chi connectivity index (χ2n) is 6.55. The van der Waals surface area contributed by atoms with Crippen molar-refractivity contribution in [1.82, 2.24) is 15.1 Å². The monoisotopic (exact) mass is 253 g/mol. The van der Waals surface area contributed by atoms with Crippen molar-refractivity contribution in [3.8, 4) is 0 Å². The molecule has 0 bridgehead atoms. The predicted octanol–water partition coefficient (Wildman–Crippen LogP) is 1.79. The van der Waals surface area contributed by atoms with Crippen molar-refractivity contribution in [3.63, 3.8) is 0 Å². The van der Waals surface area contributed by atoms with Crippen LogP contribution in [0.5, 0.6) is 0 Å². The fourth-order valence-electron chi connectivity index (χ4n) is 3.77. The second-order valence-corrected chi connectivity index (χ2v) is 6.55. The maximum Gasteiger partial charge on any atom is 0.0110 e. The lowest BCUT2D eigenvalue weighted by molar-refractivity contribution is 0.0900. The van der Waals surface area contributed by atoms with Gasteiger partial charge in [-0.3, -0.25) is 0 Å². The van der Waals surface area contributed by atoms with E-state index in [4.69, 9.17) is 0 Å². The van der Waals surface area contributed by atoms with Gasteiger partial charge in [-0.15, -0.1) is 0 Å². The number of hydrogen-bond donors (Lipinski definition) is 1. The molecule has 0 aromatic heterocycles. The molecule has 1 aliphatic heterocycles. The first-order valence-electron chi connectivity index (χ1n) is 7.75. The molecule has 3 nitrogen and oxygen atoms in total. The number of hydrogen-bond acceptors (Lipinski definition) is 3. The molecular weight excluding hydrogens is 222 g/mol. The SMILES string of the molecule is CNC1CCCC(N2CCC(CN(C)C)CC2)C1. The normalized spacial score (nSPS) is 32.0. The molecular formula is C15H31N3. The minimum Gasteiger partial charge on any atom is -0.317 e. The number of piperidine rings is 1. The van der Waals surface area contributed by atoms with Gasteiger partial charge in [0.15, 0.2) is 0 Å². The molecule has 3 heteroatoms. The number of nitrogens with one attached hydrogen (secondary N) is 1. The zero-order valence-corrected chi connectivity index (χ0v) is 12.5. The van der Waals surface area contributed by atoms with Crippen LogP contribution in [-0.4, -0.2) is 62.7 Å². The molecule has 2 fully saturated rings. The third-order valence-electron chi connectivity index (χ3n) is 4.84. The van der Waals surface area contributed by atoms with Gasteiger partial charge in [0.2, 0.25) is 0 Å². The van der Waals surface area contributed by atoms with E-state index in [1.165, 1.54) is 58.2 Å². The Hall–Kier alpha value is -0.120. The van der Waals surface area contributed by atoms with Gasteiger partial charge in [-0.25, -0.2) is 0 Å². The molecule has 1 N–H and O–H groups in total. The van der Waals surface area contributed by atoms with Crippen LogP contribution in [0.15, 0.2) is 0 Å². The van der Waals surface area contributed by atoms with Gasteiger partial charge >= 0.3 is 0 Å². The van der Waals surface area contributed by atoms with Crippen LogP contribution in [0.3, 0.4) is 0 Å². The highest BCUT2D eigenvalue weighted by atomic mass is 15.2. The van der Waals surface area contributed by atoms with Crippen LogP contribution in [-0.2, 0) is 0 Å². The van der Waals surface area contributed by atoms with Gasteiger partial charge in [0, 0.05) is 18.6 Å². The smallest absolute Gasteiger partial charge is 0.0110 e. The average Bonchev–Trinajstić information content (AvgIpc) is 2.39. The molecule has 106 valence electrons. The van der Waals surface area contributed by atoms with Gasteiger partial charge < -0.3 is 15.1 Å². The maximum absolute atomic E-state index is 3.47. The van der Waals surface area contributed by atoms with Gasteiger partial charge in [0.05, 0.1) is 0 Å². The quantitative estimate of drug-likeness (QED) is 0.824. The molecule has 0 aromatic rings. The molecule has 18 heavy (non-hydrogen) atoms. The van der Waals surface area contributed by atoms with Crippen LogP contribution in [0, 0.1) is 5.92 Å². The summed E-state index contributed by atoms with van der Waals surface area (Å²) in [5, 5.41) is 3.47. The van der Waals surface area contributed by atoms with Crippen molar-refractivity contribution >= 4 is 0 Å². The Balaban J connectivity index is 1.75. The zero-order chi connectivity index (χ0) is 13.0. The summed E-state index contributed by atoms with van der Waals surface area (Å²) in [5.41, 5.74) is 0. The third kappa shape index (κ3) is 3.94. The maximum atomic E-state index is 3.47. The first-order valence-corrected chi connectivity index (χ1v) is 7.75. The lowest BCUT2D eigenvalue weighted by Crippen LogP contribution is -2.47. The Morgan fingerprint density at radius 3 is 2.44 bits per heavy atom. The molecule has 2 atom stereocenters. The van der Waals surface area contributed by atoms with E-state index in [0.717, 1.165) is 18.0 Å². The summed E-state index contributed by atoms with van der Waals surface area (Å²) >= 11 is 0. The molecule has 2 rings (SSSR count). The molecule has 2 aliphatic rings. The first kappa shape index (κ1) is 14.3. The Labute approximate surface area is 113 Å². The highest BCUT2D eigenvalue weighted by Gasteiger charge is 2.29. The summed E-state index contributed by atoms with van der Waals surface area (Å²) in [4.78, 5) is 5.12. The van der Waals surface area contributed by atoms with Crippen molar-refractivity contribution in [2.75, 3.05) is 40.8 Å². The van der Waals surface area contributed by atoms with Crippen molar-refractivity contribution in [1.29, 1.82) is 0 Å². The molecule has 1 saturated heterocycles. The molecule has 1 saturated carbocycles. The van der Waals surface area contributed by atoms with Crippen molar-refractivity contribution in [3.05, 3.63) is 0 Å². The van der Waals surface area contributed by atoms with E-state index in [2.05, 4.69) is 36.3 Å². The summed E-state index contributed by atoms with van der Waals surface area (Å²) in [6.45, 7) is 3.94. The summed E-state index contributed by atoms with van der Waals surface area (Å²) in [6, 6.07) is 1.62. The summed E-state index contributed by atoms with van der Waals surface area (Å²) < 4.78 is 0. The fourth-order valence-corrected chi connectivity index (χ4v) is 3.77. The third-order valence-corrected chi connectivity index (χ3v) is 4.84. The van der Waals surface area contributed by atoms with E-state index in [0.29, 0.717) is 0 Å². The van der Waals surface area contributed by atoms with Crippen LogP contribution < -0.4 is 5.32 Å². The number of nitrogens with zero attached hydrogens (tertiary/aromatic N) is 2. The summed E-state index contributed by atoms with van der Waals surface area (Å²) in [6.07, 6.45) is 8.39. The largest absolute Gasteiger partial charge is 0.317 e. The minimum atomic E-state index is 0.767. The number of likely N-dealkylation sites (tertiary alicyclic amines) is 1. The average molecular weight is 253 g/mol. The van der Waals surface area contributed by atoms with Gasteiger partial charge in [0.25, 0.3) is 0 Å². The highest BCUT2D eigenvalue weighted by molar-refractivity contribution is 4.86. The van der Waals surface area contributed by atoms with Crippen LogP contribution >= 0.6 is 0 Å². The van der Waals surface area contributed by atoms with Crippen molar-refractivity contribution in [2.45, 2.75) is 50.6 Å². The van der Waals surface area contributed by atoms with Gasteiger partial charge in [0.1, 0.15) is 0 Å². The van der Waals surface area contributed by atoms with E-state index in [-0.39, 0.29) is 0 Å². The van der Waals surface area contributed by atoms with Crippen LogP contribution in [0.1, 0.15) is 38.5 Å². The van der Waals surface area contributed by atoms with Crippen LogP contribution in [0.4, 0.5) is 0 Å². The van der Waals surface area contributed by atoms with E-state index >= 15 is 0 Å². The standard InChI is InChI=1S/C15H31N3/c1-16-14-5-4-6-15(11-14)18-9-7-13(8-10-18)12-17(2)3/h13-16H,4-12H2,1-3H3. The van der Waals surface area contributed by atoms with E-state index in [1.807, 2.05) is 0 Å². The molecule has 2 unspecified atom stereocenters. The lowest BCUT2D eigenvalue weighted by Gasteiger charge is -2.41. The Bertz CT molecular complexity index is 234. The molecule has 0 amide bonds. The molecule has 0 spiro atoms. The van der Waals surface area contributed by atoms with E-state index in [1.54, 1.807) is 0 Å². The highest BCUT2D eigenvalue weighted by Crippen LogP contribution is 2.27. The zero-order valence-electron chi connectivity index (χ0n) is 12.5. The Morgan fingerprint density at radius 1 is 1.11 bits per heavy atom. The first-order chi connectivity index (χ1) is 8.69. The van der Waals surface area contributed by atoms with Crippen LogP contribution in [0.2, 0.25) is 0 Å². The molecule has 1 aliphatic carbocycles. The van der Waals surface area contributed by atoms with E-state index in [9.17, 15) is 0 Å². The topological polar surface area (TPSA) is 18.5 Å². The lowest BCUT2D eigenvalue weighted by atomic mass is 9.87. The Kier molecular flexibility index (Phi) is 5.46. The van der Waals surface area contributed by atoms with Gasteiger partial charge in [-0.2, -0.15) is 0 Å². The van der Waals surface area contributed by atoms with Crippen LogP contribution in [0.25, 0.3) is 0 Å². The predicted molar refractivity (Wildman–Crippen MR) is 78.0 cm³/mol. The van der Waals surface area contributed by atoms with Crippen molar-refractivity contribution in [2.24, 2.45) is 5.92 Å². The second kappa shape index (κ2) is 6.88. The molecule has 0 radical (unpaired) electrons. The Morgan fingerprint density at radius 2 is 1.83 bits per heavy atom. The molecule has 1 heterocycles. The van der Waals surface area contributed by atoms with Crippen molar-refractivity contribution < 1.29 is 0 Å². The van der Waals surface area contributed by atoms with Gasteiger partial charge in [-0.1, -0.05) is 6.42 Å². The molecule has 0 aromatic carbocycles. The minimum absolute atomic E-state index is 0.767. The van der Waals surface area contributed by atoms with Gasteiger partial charge in [-0.05, 0) is 72.3 Å². The fraction of sp³-hybridized carbons (Fsp3) is 1.00. The summed E-state index contributed by atoms with van der Waals surface area (Å²) in [7, 11) is 6.52. The number of rotatable bonds is 4.